The standard InChI is InChI=1S/C11H23NO/c1-2-6-11(7-5-10-13)12-8-3-4-9-12/h11,13H,2-10H2,1H3. The Labute approximate surface area is 81.9 Å². The van der Waals surface area contributed by atoms with Gasteiger partial charge in [0.05, 0.1) is 0 Å². The number of nitrogens with zero attached hydrogens (tertiary/aromatic N) is 1. The number of hydrogen-bond acceptors (Lipinski definition) is 2. The SMILES string of the molecule is CCCC(CCCO)N1CCCC1. The zero-order valence-corrected chi connectivity index (χ0v) is 8.84. The molecule has 0 bridgehead atoms. The number of likely N-dealkylation sites (tertiary alicyclic amines) is 1. The first kappa shape index (κ1) is 11.0. The summed E-state index contributed by atoms with van der Waals surface area (Å²) < 4.78 is 0. The first-order valence-electron chi connectivity index (χ1n) is 5.73. The molecule has 0 saturated carbocycles. The van der Waals surface area contributed by atoms with Gasteiger partial charge in [0.25, 0.3) is 0 Å². The second kappa shape index (κ2) is 6.39. The van der Waals surface area contributed by atoms with E-state index in [1.54, 1.807) is 0 Å². The van der Waals surface area contributed by atoms with Crippen LogP contribution in [0.3, 0.4) is 0 Å². The van der Waals surface area contributed by atoms with Gasteiger partial charge in [-0.2, -0.15) is 0 Å². The summed E-state index contributed by atoms with van der Waals surface area (Å²) in [4.78, 5) is 2.61. The fraction of sp³-hybridized carbons (Fsp3) is 1.00. The number of aliphatic hydroxyl groups excluding tert-OH is 1. The average molecular weight is 185 g/mol. The molecule has 1 atom stereocenters. The maximum absolute atomic E-state index is 8.81. The predicted octanol–water partition coefficient (Wildman–Crippen LogP) is 2.02. The molecule has 0 aliphatic carbocycles. The number of hydrogen-bond donors (Lipinski definition) is 1. The van der Waals surface area contributed by atoms with Crippen molar-refractivity contribution in [2.75, 3.05) is 19.7 Å². The Balaban J connectivity index is 2.26. The summed E-state index contributed by atoms with van der Waals surface area (Å²) in [7, 11) is 0. The molecule has 2 nitrogen and oxygen atoms in total. The molecule has 0 aromatic carbocycles. The highest BCUT2D eigenvalue weighted by molar-refractivity contribution is 4.75. The van der Waals surface area contributed by atoms with Crippen LogP contribution in [0.4, 0.5) is 0 Å². The Morgan fingerprint density at radius 2 is 1.92 bits per heavy atom. The molecule has 0 aromatic heterocycles. The van der Waals surface area contributed by atoms with E-state index in [4.69, 9.17) is 5.11 Å². The van der Waals surface area contributed by atoms with Gasteiger partial charge >= 0.3 is 0 Å². The molecular formula is C11H23NO. The van der Waals surface area contributed by atoms with E-state index in [0.717, 1.165) is 12.5 Å². The molecule has 0 aromatic rings. The Morgan fingerprint density at radius 3 is 2.46 bits per heavy atom. The Bertz CT molecular complexity index is 121. The van der Waals surface area contributed by atoms with Crippen molar-refractivity contribution in [1.82, 2.24) is 4.90 Å². The third-order valence-corrected chi connectivity index (χ3v) is 2.97. The molecular weight excluding hydrogens is 162 g/mol. The van der Waals surface area contributed by atoms with Gasteiger partial charge in [-0.3, -0.25) is 0 Å². The molecule has 1 rings (SSSR count). The lowest BCUT2D eigenvalue weighted by Gasteiger charge is -2.26. The molecule has 1 saturated heterocycles. The molecule has 0 amide bonds. The summed E-state index contributed by atoms with van der Waals surface area (Å²) in [6.45, 7) is 5.18. The minimum atomic E-state index is 0.355. The lowest BCUT2D eigenvalue weighted by molar-refractivity contribution is 0.195. The zero-order valence-electron chi connectivity index (χ0n) is 8.84. The molecule has 78 valence electrons. The lowest BCUT2D eigenvalue weighted by Crippen LogP contribution is -2.32. The van der Waals surface area contributed by atoms with E-state index in [9.17, 15) is 0 Å². The molecule has 1 aliphatic heterocycles. The summed E-state index contributed by atoms with van der Waals surface area (Å²) in [5, 5.41) is 8.81. The fourth-order valence-corrected chi connectivity index (χ4v) is 2.28. The van der Waals surface area contributed by atoms with Crippen LogP contribution in [0, 0.1) is 0 Å². The third-order valence-electron chi connectivity index (χ3n) is 2.97. The Hall–Kier alpha value is -0.0800. The van der Waals surface area contributed by atoms with Crippen LogP contribution < -0.4 is 0 Å². The van der Waals surface area contributed by atoms with Gasteiger partial charge in [-0.15, -0.1) is 0 Å². The molecule has 1 unspecified atom stereocenters. The van der Waals surface area contributed by atoms with Crippen molar-refractivity contribution in [3.63, 3.8) is 0 Å². The zero-order chi connectivity index (χ0) is 9.52. The van der Waals surface area contributed by atoms with Crippen molar-refractivity contribution in [3.8, 4) is 0 Å². The highest BCUT2D eigenvalue weighted by atomic mass is 16.2. The van der Waals surface area contributed by atoms with E-state index in [2.05, 4.69) is 11.8 Å². The van der Waals surface area contributed by atoms with Gasteiger partial charge in [-0.1, -0.05) is 13.3 Å². The lowest BCUT2D eigenvalue weighted by atomic mass is 10.1. The van der Waals surface area contributed by atoms with Crippen LogP contribution in [0.5, 0.6) is 0 Å². The van der Waals surface area contributed by atoms with Crippen LogP contribution in [0.2, 0.25) is 0 Å². The second-order valence-electron chi connectivity index (χ2n) is 4.05. The summed E-state index contributed by atoms with van der Waals surface area (Å²) in [5.74, 6) is 0. The van der Waals surface area contributed by atoms with Crippen LogP contribution in [0.1, 0.15) is 45.4 Å². The van der Waals surface area contributed by atoms with E-state index in [1.807, 2.05) is 0 Å². The summed E-state index contributed by atoms with van der Waals surface area (Å²) in [6, 6.07) is 0.750. The topological polar surface area (TPSA) is 23.5 Å². The van der Waals surface area contributed by atoms with Gasteiger partial charge in [0, 0.05) is 12.6 Å². The second-order valence-corrected chi connectivity index (χ2v) is 4.05. The maximum atomic E-state index is 8.81. The largest absolute Gasteiger partial charge is 0.396 e. The Kier molecular flexibility index (Phi) is 5.40. The van der Waals surface area contributed by atoms with Crippen molar-refractivity contribution in [2.45, 2.75) is 51.5 Å². The predicted molar refractivity (Wildman–Crippen MR) is 55.8 cm³/mol. The van der Waals surface area contributed by atoms with Gasteiger partial charge in [0.2, 0.25) is 0 Å². The monoisotopic (exact) mass is 185 g/mol. The van der Waals surface area contributed by atoms with E-state index < -0.39 is 0 Å². The fourth-order valence-electron chi connectivity index (χ4n) is 2.28. The van der Waals surface area contributed by atoms with E-state index in [0.29, 0.717) is 6.61 Å². The van der Waals surface area contributed by atoms with Crippen LogP contribution in [-0.2, 0) is 0 Å². The minimum absolute atomic E-state index is 0.355. The molecule has 1 heterocycles. The summed E-state index contributed by atoms with van der Waals surface area (Å²) >= 11 is 0. The first-order chi connectivity index (χ1) is 6.38. The highest BCUT2D eigenvalue weighted by Crippen LogP contribution is 2.18. The first-order valence-corrected chi connectivity index (χ1v) is 5.73. The van der Waals surface area contributed by atoms with Crippen molar-refractivity contribution < 1.29 is 5.11 Å². The van der Waals surface area contributed by atoms with Gasteiger partial charge in [-0.05, 0) is 45.2 Å². The molecule has 0 spiro atoms. The number of rotatable bonds is 6. The van der Waals surface area contributed by atoms with E-state index >= 15 is 0 Å². The van der Waals surface area contributed by atoms with Crippen LogP contribution in [0.15, 0.2) is 0 Å². The summed E-state index contributed by atoms with van der Waals surface area (Å²) in [6.07, 6.45) is 7.48. The van der Waals surface area contributed by atoms with Crippen molar-refractivity contribution in [2.24, 2.45) is 0 Å². The van der Waals surface area contributed by atoms with Crippen LogP contribution in [0.25, 0.3) is 0 Å². The van der Waals surface area contributed by atoms with Crippen LogP contribution >= 0.6 is 0 Å². The molecule has 1 fully saturated rings. The average Bonchev–Trinajstić information content (AvgIpc) is 2.65. The van der Waals surface area contributed by atoms with Crippen LogP contribution in [-0.4, -0.2) is 35.7 Å². The normalized spacial score (nSPS) is 20.8. The minimum Gasteiger partial charge on any atom is -0.396 e. The van der Waals surface area contributed by atoms with Crippen molar-refractivity contribution in [1.29, 1.82) is 0 Å². The van der Waals surface area contributed by atoms with Crippen molar-refractivity contribution in [3.05, 3.63) is 0 Å². The molecule has 2 heteroatoms. The maximum Gasteiger partial charge on any atom is 0.0431 e. The van der Waals surface area contributed by atoms with Gasteiger partial charge in [0.15, 0.2) is 0 Å². The molecule has 0 radical (unpaired) electrons. The number of aliphatic hydroxyl groups is 1. The van der Waals surface area contributed by atoms with Crippen molar-refractivity contribution >= 4 is 0 Å². The van der Waals surface area contributed by atoms with Gasteiger partial charge in [0.1, 0.15) is 0 Å². The van der Waals surface area contributed by atoms with Gasteiger partial charge in [-0.25, -0.2) is 0 Å². The summed E-state index contributed by atoms with van der Waals surface area (Å²) in [5.41, 5.74) is 0. The quantitative estimate of drug-likeness (QED) is 0.684. The molecule has 1 N–H and O–H groups in total. The molecule has 1 aliphatic rings. The van der Waals surface area contributed by atoms with E-state index in [1.165, 1.54) is 45.2 Å². The smallest absolute Gasteiger partial charge is 0.0431 e. The highest BCUT2D eigenvalue weighted by Gasteiger charge is 2.20. The molecule has 13 heavy (non-hydrogen) atoms. The third kappa shape index (κ3) is 3.65. The Morgan fingerprint density at radius 1 is 1.23 bits per heavy atom. The van der Waals surface area contributed by atoms with E-state index in [-0.39, 0.29) is 0 Å². The van der Waals surface area contributed by atoms with Gasteiger partial charge < -0.3 is 10.0 Å².